The molecular weight excluding hydrogens is 348 g/mol. The highest BCUT2D eigenvalue weighted by Crippen LogP contribution is 2.44. The second-order valence-corrected chi connectivity index (χ2v) is 6.61. The lowest BCUT2D eigenvalue weighted by atomic mass is 10.1. The fourth-order valence-electron chi connectivity index (χ4n) is 2.75. The number of amides is 1. The van der Waals surface area contributed by atoms with E-state index in [0.29, 0.717) is 22.8 Å². The van der Waals surface area contributed by atoms with Crippen LogP contribution in [0.5, 0.6) is 11.5 Å². The van der Waals surface area contributed by atoms with Crippen LogP contribution in [0.2, 0.25) is 0 Å². The minimum Gasteiger partial charge on any atom is -0.497 e. The molecule has 2 aromatic carbocycles. The number of benzene rings is 2. The lowest BCUT2D eigenvalue weighted by Crippen LogP contribution is -2.28. The minimum atomic E-state index is -0.924. The summed E-state index contributed by atoms with van der Waals surface area (Å²) < 4.78 is 37.3. The van der Waals surface area contributed by atoms with Crippen LogP contribution in [0, 0.1) is 11.6 Å². The normalized spacial score (nSPS) is 17.0. The van der Waals surface area contributed by atoms with Crippen LogP contribution in [0.15, 0.2) is 36.4 Å². The van der Waals surface area contributed by atoms with E-state index in [4.69, 9.17) is 9.47 Å². The Kier molecular flexibility index (Phi) is 5.13. The number of hydrogen-bond donors (Lipinski definition) is 0. The lowest BCUT2D eigenvalue weighted by Gasteiger charge is -2.26. The summed E-state index contributed by atoms with van der Waals surface area (Å²) in [6, 6.07) is 9.06. The summed E-state index contributed by atoms with van der Waals surface area (Å²) in [5, 5.41) is -0.286. The van der Waals surface area contributed by atoms with E-state index in [0.717, 1.165) is 17.7 Å². The number of rotatable bonds is 5. The summed E-state index contributed by atoms with van der Waals surface area (Å²) in [4.78, 5) is 14.0. The van der Waals surface area contributed by atoms with Gasteiger partial charge >= 0.3 is 0 Å². The second-order valence-electron chi connectivity index (χ2n) is 5.54. The van der Waals surface area contributed by atoms with Crippen molar-refractivity contribution in [1.29, 1.82) is 0 Å². The number of nitrogens with zero attached hydrogens (tertiary/aromatic N) is 1. The van der Waals surface area contributed by atoms with Gasteiger partial charge in [0, 0.05) is 12.1 Å². The number of methoxy groups -OCH3 is 2. The first-order valence-electron chi connectivity index (χ1n) is 7.60. The van der Waals surface area contributed by atoms with Gasteiger partial charge < -0.3 is 14.4 Å². The van der Waals surface area contributed by atoms with Crippen molar-refractivity contribution in [3.63, 3.8) is 0 Å². The molecule has 1 amide bonds. The van der Waals surface area contributed by atoms with E-state index in [9.17, 15) is 13.6 Å². The molecule has 1 fully saturated rings. The van der Waals surface area contributed by atoms with Crippen molar-refractivity contribution in [2.24, 2.45) is 0 Å². The Morgan fingerprint density at radius 3 is 2.60 bits per heavy atom. The van der Waals surface area contributed by atoms with Gasteiger partial charge in [0.2, 0.25) is 5.91 Å². The molecule has 4 nitrogen and oxygen atoms in total. The number of halogens is 2. The molecule has 1 aliphatic heterocycles. The second kappa shape index (κ2) is 7.31. The van der Waals surface area contributed by atoms with Gasteiger partial charge in [0.05, 0.1) is 20.0 Å². The fourth-order valence-corrected chi connectivity index (χ4v) is 3.95. The Labute approximate surface area is 148 Å². The first-order valence-corrected chi connectivity index (χ1v) is 8.65. The number of thioether (sulfide) groups is 1. The number of carbonyl (C=O) groups is 1. The number of carbonyl (C=O) groups excluding carboxylic acids is 1. The Hall–Kier alpha value is -2.28. The molecule has 132 valence electrons. The highest BCUT2D eigenvalue weighted by molar-refractivity contribution is 8.00. The van der Waals surface area contributed by atoms with Crippen molar-refractivity contribution in [3.8, 4) is 11.5 Å². The van der Waals surface area contributed by atoms with E-state index in [1.54, 1.807) is 31.3 Å². The Bertz CT molecular complexity index is 800. The zero-order valence-electron chi connectivity index (χ0n) is 13.8. The molecule has 1 heterocycles. The standard InChI is InChI=1S/C18H17F2NO3S/c1-23-12-4-6-16(24-2)13(8-12)18-21(17(22)10-25-18)9-11-3-5-14(19)15(20)7-11/h3-8,18H,9-10H2,1-2H3. The van der Waals surface area contributed by atoms with Gasteiger partial charge in [0.15, 0.2) is 11.6 Å². The van der Waals surface area contributed by atoms with Crippen LogP contribution in [0.1, 0.15) is 16.5 Å². The third-order valence-electron chi connectivity index (χ3n) is 4.01. The summed E-state index contributed by atoms with van der Waals surface area (Å²) in [6.07, 6.45) is 0. The van der Waals surface area contributed by atoms with E-state index in [1.165, 1.54) is 17.8 Å². The summed E-state index contributed by atoms with van der Waals surface area (Å²) in [5.41, 5.74) is 1.34. The van der Waals surface area contributed by atoms with Gasteiger partial charge in [-0.05, 0) is 35.9 Å². The quantitative estimate of drug-likeness (QED) is 0.809. The van der Waals surface area contributed by atoms with Gasteiger partial charge in [-0.1, -0.05) is 6.07 Å². The van der Waals surface area contributed by atoms with Crippen LogP contribution in [0.4, 0.5) is 8.78 Å². The molecule has 1 saturated heterocycles. The van der Waals surface area contributed by atoms with E-state index in [1.807, 2.05) is 6.07 Å². The zero-order chi connectivity index (χ0) is 18.0. The van der Waals surface area contributed by atoms with Crippen LogP contribution in [0.25, 0.3) is 0 Å². The van der Waals surface area contributed by atoms with Crippen molar-refractivity contribution in [2.75, 3.05) is 20.0 Å². The smallest absolute Gasteiger partial charge is 0.234 e. The molecule has 0 aromatic heterocycles. The summed E-state index contributed by atoms with van der Waals surface area (Å²) in [6.45, 7) is 0.189. The zero-order valence-corrected chi connectivity index (χ0v) is 14.6. The molecule has 2 aromatic rings. The SMILES string of the molecule is COc1ccc(OC)c(C2SCC(=O)N2Cc2ccc(F)c(F)c2)c1. The Balaban J connectivity index is 1.93. The molecule has 3 rings (SSSR count). The van der Waals surface area contributed by atoms with Gasteiger partial charge in [-0.15, -0.1) is 11.8 Å². The maximum atomic E-state index is 13.5. The third kappa shape index (κ3) is 3.56. The molecule has 0 aliphatic carbocycles. The molecular formula is C18H17F2NO3S. The third-order valence-corrected chi connectivity index (χ3v) is 5.25. The number of hydrogen-bond acceptors (Lipinski definition) is 4. The van der Waals surface area contributed by atoms with Crippen LogP contribution >= 0.6 is 11.8 Å². The number of ether oxygens (including phenoxy) is 2. The first kappa shape index (κ1) is 17.5. The van der Waals surface area contributed by atoms with Crippen molar-refractivity contribution < 1.29 is 23.0 Å². The Morgan fingerprint density at radius 2 is 1.92 bits per heavy atom. The van der Waals surface area contributed by atoms with Gasteiger partial charge in [-0.25, -0.2) is 8.78 Å². The fraction of sp³-hybridized carbons (Fsp3) is 0.278. The maximum absolute atomic E-state index is 13.5. The van der Waals surface area contributed by atoms with E-state index < -0.39 is 11.6 Å². The van der Waals surface area contributed by atoms with E-state index in [2.05, 4.69) is 0 Å². The van der Waals surface area contributed by atoms with Crippen molar-refractivity contribution in [2.45, 2.75) is 11.9 Å². The first-order chi connectivity index (χ1) is 12.0. The van der Waals surface area contributed by atoms with Gasteiger partial charge in [0.25, 0.3) is 0 Å². The van der Waals surface area contributed by atoms with E-state index >= 15 is 0 Å². The topological polar surface area (TPSA) is 38.8 Å². The highest BCUT2D eigenvalue weighted by Gasteiger charge is 2.35. The Morgan fingerprint density at radius 1 is 1.12 bits per heavy atom. The molecule has 0 radical (unpaired) electrons. The van der Waals surface area contributed by atoms with Crippen LogP contribution in [-0.2, 0) is 11.3 Å². The lowest BCUT2D eigenvalue weighted by molar-refractivity contribution is -0.128. The van der Waals surface area contributed by atoms with Crippen molar-refractivity contribution in [1.82, 2.24) is 4.90 Å². The van der Waals surface area contributed by atoms with Crippen molar-refractivity contribution in [3.05, 3.63) is 59.2 Å². The highest BCUT2D eigenvalue weighted by atomic mass is 32.2. The van der Waals surface area contributed by atoms with Gasteiger partial charge in [-0.3, -0.25) is 4.79 Å². The van der Waals surface area contributed by atoms with Gasteiger partial charge in [-0.2, -0.15) is 0 Å². The van der Waals surface area contributed by atoms with Crippen LogP contribution in [-0.4, -0.2) is 30.8 Å². The summed E-state index contributed by atoms with van der Waals surface area (Å²) in [5.74, 6) is -0.282. The summed E-state index contributed by atoms with van der Waals surface area (Å²) in [7, 11) is 3.13. The predicted molar refractivity (Wildman–Crippen MR) is 91.7 cm³/mol. The van der Waals surface area contributed by atoms with Crippen LogP contribution < -0.4 is 9.47 Å². The molecule has 7 heteroatoms. The van der Waals surface area contributed by atoms with Gasteiger partial charge in [0.1, 0.15) is 16.9 Å². The molecule has 1 atom stereocenters. The molecule has 1 aliphatic rings. The average Bonchev–Trinajstić information content (AvgIpc) is 2.98. The molecule has 0 spiro atoms. The molecule has 0 bridgehead atoms. The monoisotopic (exact) mass is 365 g/mol. The maximum Gasteiger partial charge on any atom is 0.234 e. The average molecular weight is 365 g/mol. The van der Waals surface area contributed by atoms with Crippen molar-refractivity contribution >= 4 is 17.7 Å². The molecule has 1 unspecified atom stereocenters. The minimum absolute atomic E-state index is 0.0652. The van der Waals surface area contributed by atoms with Crippen LogP contribution in [0.3, 0.4) is 0 Å². The molecule has 0 saturated carbocycles. The largest absolute Gasteiger partial charge is 0.497 e. The predicted octanol–water partition coefficient (Wildman–Crippen LogP) is 3.76. The molecule has 0 N–H and O–H groups in total. The van der Waals surface area contributed by atoms with E-state index in [-0.39, 0.29) is 17.8 Å². The summed E-state index contributed by atoms with van der Waals surface area (Å²) >= 11 is 1.46. The molecule has 25 heavy (non-hydrogen) atoms.